The summed E-state index contributed by atoms with van der Waals surface area (Å²) in [5.41, 5.74) is 2.96. The van der Waals surface area contributed by atoms with E-state index in [0.717, 1.165) is 16.5 Å². The second-order valence-electron chi connectivity index (χ2n) is 6.18. The normalized spacial score (nSPS) is 13.6. The molecule has 3 rings (SSSR count). The lowest BCUT2D eigenvalue weighted by Gasteiger charge is -2.15. The first-order chi connectivity index (χ1) is 11.9. The van der Waals surface area contributed by atoms with E-state index in [9.17, 15) is 9.90 Å². The van der Waals surface area contributed by atoms with Crippen LogP contribution in [0.15, 0.2) is 42.6 Å². The van der Waals surface area contributed by atoms with Gasteiger partial charge in [0.15, 0.2) is 0 Å². The minimum atomic E-state index is -0.610. The fourth-order valence-electron chi connectivity index (χ4n) is 2.80. The topological polar surface area (TPSA) is 67.2 Å². The molecule has 0 saturated carbocycles. The van der Waals surface area contributed by atoms with E-state index in [1.165, 1.54) is 0 Å². The highest BCUT2D eigenvalue weighted by Gasteiger charge is 2.17. The highest BCUT2D eigenvalue weighted by Crippen LogP contribution is 2.23. The number of carbonyl (C=O) groups excluding carboxylic acids is 1. The molecule has 0 aliphatic carbocycles. The predicted octanol–water partition coefficient (Wildman–Crippen LogP) is 3.77. The van der Waals surface area contributed by atoms with E-state index in [4.69, 9.17) is 11.6 Å². The van der Waals surface area contributed by atoms with Crippen LogP contribution >= 0.6 is 11.6 Å². The number of aromatic nitrogens is 2. The number of rotatable bonds is 4. The van der Waals surface area contributed by atoms with Crippen LogP contribution in [-0.4, -0.2) is 20.6 Å². The molecule has 1 unspecified atom stereocenters. The molecule has 0 aliphatic heterocycles. The number of nitrogens with zero attached hydrogens (tertiary/aromatic N) is 2. The van der Waals surface area contributed by atoms with Gasteiger partial charge in [-0.05, 0) is 43.7 Å². The van der Waals surface area contributed by atoms with E-state index in [0.29, 0.717) is 16.4 Å². The van der Waals surface area contributed by atoms with Gasteiger partial charge < -0.3 is 15.0 Å². The van der Waals surface area contributed by atoms with Gasteiger partial charge in [0.2, 0.25) is 0 Å². The van der Waals surface area contributed by atoms with Gasteiger partial charge in [-0.3, -0.25) is 9.78 Å². The van der Waals surface area contributed by atoms with Gasteiger partial charge in [0.25, 0.3) is 5.91 Å². The third-order valence-corrected chi connectivity index (χ3v) is 4.56. The van der Waals surface area contributed by atoms with Crippen LogP contribution in [0.25, 0.3) is 10.9 Å². The molecule has 1 amide bonds. The Labute approximate surface area is 151 Å². The molecule has 6 heteroatoms. The van der Waals surface area contributed by atoms with Crippen LogP contribution in [0.4, 0.5) is 0 Å². The first kappa shape index (κ1) is 17.5. The molecule has 25 heavy (non-hydrogen) atoms. The number of aliphatic hydroxyl groups is 1. The second-order valence-corrected chi connectivity index (χ2v) is 6.62. The van der Waals surface area contributed by atoms with E-state index >= 15 is 0 Å². The summed E-state index contributed by atoms with van der Waals surface area (Å²) in [5.74, 6) is -0.165. The summed E-state index contributed by atoms with van der Waals surface area (Å²) in [6.45, 7) is 3.57. The lowest BCUT2D eigenvalue weighted by atomic mass is 10.1. The van der Waals surface area contributed by atoms with Crippen molar-refractivity contribution < 1.29 is 9.90 Å². The van der Waals surface area contributed by atoms with Crippen LogP contribution in [0.2, 0.25) is 5.02 Å². The lowest BCUT2D eigenvalue weighted by Crippen LogP contribution is -2.28. The minimum Gasteiger partial charge on any atom is -0.387 e. The van der Waals surface area contributed by atoms with Crippen molar-refractivity contribution in [2.45, 2.75) is 26.0 Å². The number of carbonyl (C=O) groups is 1. The van der Waals surface area contributed by atoms with Crippen LogP contribution in [0, 0.1) is 0 Å². The van der Waals surface area contributed by atoms with Crippen molar-refractivity contribution in [3.05, 3.63) is 64.6 Å². The number of amides is 1. The summed E-state index contributed by atoms with van der Waals surface area (Å²) >= 11 is 6.04. The molecule has 2 aromatic heterocycles. The Balaban J connectivity index is 1.80. The fourth-order valence-corrected chi connectivity index (χ4v) is 2.96. The molecule has 0 radical (unpaired) electrons. The average molecular weight is 358 g/mol. The van der Waals surface area contributed by atoms with E-state index < -0.39 is 6.10 Å². The summed E-state index contributed by atoms with van der Waals surface area (Å²) in [5, 5.41) is 14.1. The molecule has 2 atom stereocenters. The number of aliphatic hydroxyl groups excluding tert-OH is 1. The Bertz CT molecular complexity index is 916. The third kappa shape index (κ3) is 3.52. The average Bonchev–Trinajstić information content (AvgIpc) is 2.91. The summed E-state index contributed by atoms with van der Waals surface area (Å²) < 4.78 is 1.83. The van der Waals surface area contributed by atoms with Crippen molar-refractivity contribution in [2.24, 2.45) is 7.05 Å². The molecule has 2 N–H and O–H groups in total. The summed E-state index contributed by atoms with van der Waals surface area (Å²) in [4.78, 5) is 16.9. The smallest absolute Gasteiger partial charge is 0.268 e. The zero-order valence-corrected chi connectivity index (χ0v) is 15.1. The first-order valence-corrected chi connectivity index (χ1v) is 8.44. The number of aryl methyl sites for hydroxylation is 1. The SMILES string of the molecule is CC(O)c1ccc([C@H](C)NC(=O)c2cc3ccc(Cl)cc3n2C)cn1. The van der Waals surface area contributed by atoms with E-state index in [1.807, 2.05) is 48.9 Å². The second kappa shape index (κ2) is 6.86. The van der Waals surface area contributed by atoms with Gasteiger partial charge in [0, 0.05) is 29.2 Å². The van der Waals surface area contributed by atoms with Gasteiger partial charge >= 0.3 is 0 Å². The quantitative estimate of drug-likeness (QED) is 0.746. The van der Waals surface area contributed by atoms with Gasteiger partial charge in [-0.25, -0.2) is 0 Å². The molecule has 0 spiro atoms. The molecule has 1 aromatic carbocycles. The summed E-state index contributed by atoms with van der Waals surface area (Å²) in [6.07, 6.45) is 1.07. The third-order valence-electron chi connectivity index (χ3n) is 4.32. The highest BCUT2D eigenvalue weighted by molar-refractivity contribution is 6.31. The number of benzene rings is 1. The molecule has 5 nitrogen and oxygen atoms in total. The van der Waals surface area contributed by atoms with Gasteiger partial charge in [0.1, 0.15) is 5.69 Å². The summed E-state index contributed by atoms with van der Waals surface area (Å²) in [7, 11) is 1.84. The number of halogens is 1. The monoisotopic (exact) mass is 357 g/mol. The fraction of sp³-hybridized carbons (Fsp3) is 0.263. The maximum absolute atomic E-state index is 12.7. The van der Waals surface area contributed by atoms with Crippen molar-refractivity contribution in [2.75, 3.05) is 0 Å². The Morgan fingerprint density at radius 2 is 2.00 bits per heavy atom. The number of pyridine rings is 1. The zero-order valence-electron chi connectivity index (χ0n) is 14.3. The zero-order chi connectivity index (χ0) is 18.1. The van der Waals surface area contributed by atoms with Gasteiger partial charge in [-0.2, -0.15) is 0 Å². The molecular formula is C19H20ClN3O2. The highest BCUT2D eigenvalue weighted by atomic mass is 35.5. The van der Waals surface area contributed by atoms with Crippen molar-refractivity contribution in [1.29, 1.82) is 0 Å². The predicted molar refractivity (Wildman–Crippen MR) is 98.7 cm³/mol. The molecule has 0 saturated heterocycles. The maximum Gasteiger partial charge on any atom is 0.268 e. The van der Waals surface area contributed by atoms with E-state index in [1.54, 1.807) is 19.2 Å². The Kier molecular flexibility index (Phi) is 4.79. The molecule has 2 heterocycles. The number of hydrogen-bond acceptors (Lipinski definition) is 3. The molecular weight excluding hydrogens is 338 g/mol. The minimum absolute atomic E-state index is 0.165. The van der Waals surface area contributed by atoms with E-state index in [2.05, 4.69) is 10.3 Å². The van der Waals surface area contributed by atoms with Gasteiger partial charge in [-0.1, -0.05) is 23.7 Å². The molecule has 0 bridgehead atoms. The van der Waals surface area contributed by atoms with Crippen LogP contribution in [0.5, 0.6) is 0 Å². The Morgan fingerprint density at radius 1 is 1.24 bits per heavy atom. The van der Waals surface area contributed by atoms with Gasteiger partial charge in [0.05, 0.1) is 17.8 Å². The number of nitrogens with one attached hydrogen (secondary N) is 1. The van der Waals surface area contributed by atoms with Crippen molar-refractivity contribution in [1.82, 2.24) is 14.9 Å². The number of hydrogen-bond donors (Lipinski definition) is 2. The Hall–Kier alpha value is -2.37. The van der Waals surface area contributed by atoms with Crippen LogP contribution in [0.1, 0.15) is 47.7 Å². The van der Waals surface area contributed by atoms with Crippen molar-refractivity contribution >= 4 is 28.4 Å². The van der Waals surface area contributed by atoms with Crippen molar-refractivity contribution in [3.8, 4) is 0 Å². The van der Waals surface area contributed by atoms with Crippen LogP contribution < -0.4 is 5.32 Å². The van der Waals surface area contributed by atoms with Crippen LogP contribution in [-0.2, 0) is 7.05 Å². The molecule has 0 aliphatic rings. The first-order valence-electron chi connectivity index (χ1n) is 8.06. The lowest BCUT2D eigenvalue weighted by molar-refractivity contribution is 0.0932. The standard InChI is InChI=1S/C19H20ClN3O2/c1-11(14-5-7-16(12(2)24)21-10-14)22-19(25)18-8-13-4-6-15(20)9-17(13)23(18)3/h4-12,24H,1-3H3,(H,22,25)/t11-,12?/m0/s1. The summed E-state index contributed by atoms with van der Waals surface area (Å²) in [6, 6.07) is 10.8. The molecule has 3 aromatic rings. The Morgan fingerprint density at radius 3 is 2.64 bits per heavy atom. The number of fused-ring (bicyclic) bond motifs is 1. The molecule has 130 valence electrons. The van der Waals surface area contributed by atoms with Gasteiger partial charge in [-0.15, -0.1) is 0 Å². The maximum atomic E-state index is 12.7. The van der Waals surface area contributed by atoms with E-state index in [-0.39, 0.29) is 11.9 Å². The largest absolute Gasteiger partial charge is 0.387 e. The van der Waals surface area contributed by atoms with Crippen molar-refractivity contribution in [3.63, 3.8) is 0 Å². The molecule has 0 fully saturated rings. The van der Waals surface area contributed by atoms with Crippen LogP contribution in [0.3, 0.4) is 0 Å².